The van der Waals surface area contributed by atoms with Crippen molar-refractivity contribution in [3.05, 3.63) is 69.8 Å². The van der Waals surface area contributed by atoms with Crippen LogP contribution in [0.3, 0.4) is 0 Å². The zero-order chi connectivity index (χ0) is 20.1. The minimum atomic E-state index is -1.04. The van der Waals surface area contributed by atoms with Crippen LogP contribution in [0.1, 0.15) is 51.0 Å². The van der Waals surface area contributed by atoms with Gasteiger partial charge in [0, 0.05) is 5.56 Å². The fraction of sp³-hybridized carbons (Fsp3) is 0.348. The molecule has 28 heavy (non-hydrogen) atoms. The van der Waals surface area contributed by atoms with Gasteiger partial charge in [0.25, 0.3) is 5.91 Å². The number of ketones is 1. The lowest BCUT2D eigenvalue weighted by molar-refractivity contribution is -0.131. The summed E-state index contributed by atoms with van der Waals surface area (Å²) >= 11 is 0. The number of rotatable bonds is 3. The van der Waals surface area contributed by atoms with Crippen molar-refractivity contribution >= 4 is 17.7 Å². The van der Waals surface area contributed by atoms with E-state index < -0.39 is 11.6 Å². The van der Waals surface area contributed by atoms with Crippen LogP contribution < -0.4 is 5.32 Å². The van der Waals surface area contributed by atoms with E-state index in [9.17, 15) is 14.4 Å². The van der Waals surface area contributed by atoms with Crippen LogP contribution in [0.2, 0.25) is 0 Å². The molecule has 1 saturated heterocycles. The summed E-state index contributed by atoms with van der Waals surface area (Å²) in [6, 6.07) is 11.1. The number of Topliss-reactive ketones (excluding diaryl/α,β-unsaturated/α-hetero) is 1. The number of imide groups is 1. The molecule has 1 fully saturated rings. The summed E-state index contributed by atoms with van der Waals surface area (Å²) in [5.41, 5.74) is 4.46. The number of aryl methyl sites for hydroxylation is 4. The van der Waals surface area contributed by atoms with Crippen LogP contribution in [0.5, 0.6) is 0 Å². The Labute approximate surface area is 164 Å². The van der Waals surface area contributed by atoms with Crippen LogP contribution in [0.15, 0.2) is 36.4 Å². The monoisotopic (exact) mass is 376 g/mol. The lowest BCUT2D eigenvalue weighted by Gasteiger charge is -2.33. The molecule has 0 saturated carbocycles. The van der Waals surface area contributed by atoms with E-state index in [1.165, 1.54) is 0 Å². The molecule has 4 rings (SSSR count). The van der Waals surface area contributed by atoms with Gasteiger partial charge in [0.05, 0.1) is 6.54 Å². The molecule has 5 nitrogen and oxygen atoms in total. The van der Waals surface area contributed by atoms with Gasteiger partial charge in [0.1, 0.15) is 5.54 Å². The smallest absolute Gasteiger partial charge is 0.319 e. The second kappa shape index (κ2) is 6.59. The lowest BCUT2D eigenvalue weighted by atomic mass is 9.76. The van der Waals surface area contributed by atoms with Crippen LogP contribution in [-0.2, 0) is 16.8 Å². The van der Waals surface area contributed by atoms with Gasteiger partial charge in [0.2, 0.25) is 0 Å². The number of carbonyl (C=O) groups is 3. The summed E-state index contributed by atoms with van der Waals surface area (Å²) in [7, 11) is 0. The summed E-state index contributed by atoms with van der Waals surface area (Å²) in [6.45, 7) is 5.59. The van der Waals surface area contributed by atoms with Gasteiger partial charge in [-0.25, -0.2) is 4.79 Å². The third-order valence-electron chi connectivity index (χ3n) is 6.09. The molecule has 1 N–H and O–H groups in total. The van der Waals surface area contributed by atoms with Crippen LogP contribution in [0, 0.1) is 20.8 Å². The minimum Gasteiger partial charge on any atom is -0.319 e. The molecule has 5 heteroatoms. The fourth-order valence-electron chi connectivity index (χ4n) is 4.44. The molecule has 1 aliphatic heterocycles. The topological polar surface area (TPSA) is 66.5 Å². The summed E-state index contributed by atoms with van der Waals surface area (Å²) < 4.78 is 0. The largest absolute Gasteiger partial charge is 0.325 e. The Morgan fingerprint density at radius 1 is 1.07 bits per heavy atom. The first-order valence-corrected chi connectivity index (χ1v) is 9.67. The quantitative estimate of drug-likeness (QED) is 0.658. The third-order valence-corrected chi connectivity index (χ3v) is 6.09. The maximum absolute atomic E-state index is 13.3. The molecule has 1 heterocycles. The highest BCUT2D eigenvalue weighted by Gasteiger charge is 2.54. The van der Waals surface area contributed by atoms with Crippen molar-refractivity contribution in [3.63, 3.8) is 0 Å². The molecule has 1 unspecified atom stereocenters. The van der Waals surface area contributed by atoms with Crippen molar-refractivity contribution < 1.29 is 14.4 Å². The van der Waals surface area contributed by atoms with E-state index in [0.717, 1.165) is 45.6 Å². The molecule has 1 spiro atoms. The fourth-order valence-corrected chi connectivity index (χ4v) is 4.44. The van der Waals surface area contributed by atoms with Crippen LogP contribution in [0.4, 0.5) is 4.79 Å². The molecule has 2 aromatic carbocycles. The highest BCUT2D eigenvalue weighted by molar-refractivity contribution is 6.12. The summed E-state index contributed by atoms with van der Waals surface area (Å²) in [5, 5.41) is 2.90. The average molecular weight is 376 g/mol. The first-order valence-electron chi connectivity index (χ1n) is 9.67. The molecule has 144 valence electrons. The molecule has 2 aliphatic rings. The molecule has 1 atom stereocenters. The molecule has 0 bridgehead atoms. The van der Waals surface area contributed by atoms with Crippen molar-refractivity contribution in [2.24, 2.45) is 0 Å². The summed E-state index contributed by atoms with van der Waals surface area (Å²) in [4.78, 5) is 40.0. The Kier molecular flexibility index (Phi) is 4.33. The number of amides is 3. The Balaban J connectivity index is 1.65. The van der Waals surface area contributed by atoms with Gasteiger partial charge in [0.15, 0.2) is 5.78 Å². The molecular weight excluding hydrogens is 352 g/mol. The summed E-state index contributed by atoms with van der Waals surface area (Å²) in [6.07, 6.45) is 2.27. The van der Waals surface area contributed by atoms with E-state index >= 15 is 0 Å². The number of benzene rings is 2. The second-order valence-corrected chi connectivity index (χ2v) is 7.91. The van der Waals surface area contributed by atoms with Crippen molar-refractivity contribution in [1.29, 1.82) is 0 Å². The molecular formula is C23H24N2O3. The Morgan fingerprint density at radius 3 is 2.57 bits per heavy atom. The number of nitrogens with zero attached hydrogens (tertiary/aromatic N) is 1. The van der Waals surface area contributed by atoms with E-state index in [1.54, 1.807) is 0 Å². The van der Waals surface area contributed by atoms with Gasteiger partial charge in [-0.3, -0.25) is 14.5 Å². The van der Waals surface area contributed by atoms with Crippen LogP contribution >= 0.6 is 0 Å². The zero-order valence-electron chi connectivity index (χ0n) is 16.5. The highest BCUT2D eigenvalue weighted by Crippen LogP contribution is 2.39. The van der Waals surface area contributed by atoms with Crippen LogP contribution in [-0.4, -0.2) is 29.2 Å². The number of fused-ring (bicyclic) bond motifs is 2. The number of nitrogens with one attached hydrogen (secondary N) is 1. The predicted octanol–water partition coefficient (Wildman–Crippen LogP) is 3.58. The Morgan fingerprint density at radius 2 is 1.79 bits per heavy atom. The predicted molar refractivity (Wildman–Crippen MR) is 106 cm³/mol. The SMILES string of the molecule is Cc1cc(C)c(C(=O)CN2C(=O)NC3(CCCc4ccccc43)C2=O)cc1C. The number of hydrogen-bond donors (Lipinski definition) is 1. The molecule has 3 amide bonds. The van der Waals surface area contributed by atoms with Crippen molar-refractivity contribution in [3.8, 4) is 0 Å². The maximum atomic E-state index is 13.3. The van der Waals surface area contributed by atoms with Gasteiger partial charge in [-0.05, 0) is 73.9 Å². The van der Waals surface area contributed by atoms with E-state index in [2.05, 4.69) is 5.32 Å². The average Bonchev–Trinajstić information content (AvgIpc) is 2.90. The second-order valence-electron chi connectivity index (χ2n) is 7.91. The number of carbonyl (C=O) groups excluding carboxylic acids is 3. The van der Waals surface area contributed by atoms with Crippen molar-refractivity contribution in [1.82, 2.24) is 10.2 Å². The lowest BCUT2D eigenvalue weighted by Crippen LogP contribution is -2.46. The van der Waals surface area contributed by atoms with E-state index in [0.29, 0.717) is 12.0 Å². The Hall–Kier alpha value is -2.95. The molecule has 0 aromatic heterocycles. The molecule has 1 aliphatic carbocycles. The Bertz CT molecular complexity index is 1010. The van der Waals surface area contributed by atoms with Gasteiger partial charge in [-0.15, -0.1) is 0 Å². The van der Waals surface area contributed by atoms with E-state index in [-0.39, 0.29) is 18.2 Å². The summed E-state index contributed by atoms with van der Waals surface area (Å²) in [5.74, 6) is -0.537. The van der Waals surface area contributed by atoms with Gasteiger partial charge in [-0.1, -0.05) is 30.3 Å². The molecule has 2 aromatic rings. The van der Waals surface area contributed by atoms with Crippen molar-refractivity contribution in [2.75, 3.05) is 6.54 Å². The maximum Gasteiger partial charge on any atom is 0.325 e. The third kappa shape index (κ3) is 2.73. The van der Waals surface area contributed by atoms with E-state index in [4.69, 9.17) is 0 Å². The normalized spacial score (nSPS) is 21.0. The number of hydrogen-bond acceptors (Lipinski definition) is 3. The molecule has 0 radical (unpaired) electrons. The zero-order valence-corrected chi connectivity index (χ0v) is 16.5. The van der Waals surface area contributed by atoms with E-state index in [1.807, 2.05) is 57.2 Å². The number of urea groups is 1. The van der Waals surface area contributed by atoms with Crippen LogP contribution in [0.25, 0.3) is 0 Å². The van der Waals surface area contributed by atoms with Crippen molar-refractivity contribution in [2.45, 2.75) is 45.6 Å². The highest BCUT2D eigenvalue weighted by atomic mass is 16.2. The standard InChI is InChI=1S/C23H24N2O3/c1-14-11-16(3)18(12-15(14)2)20(26)13-25-21(27)23(24-22(25)28)10-6-8-17-7-4-5-9-19(17)23/h4-5,7,9,11-12H,6,8,10,13H2,1-3H3,(H,24,28). The first-order chi connectivity index (χ1) is 13.3. The van der Waals surface area contributed by atoms with Gasteiger partial charge >= 0.3 is 6.03 Å². The first kappa shape index (κ1) is 18.4. The minimum absolute atomic E-state index is 0.217. The van der Waals surface area contributed by atoms with Gasteiger partial charge in [-0.2, -0.15) is 0 Å². The van der Waals surface area contributed by atoms with Gasteiger partial charge < -0.3 is 5.32 Å².